The summed E-state index contributed by atoms with van der Waals surface area (Å²) in [5, 5.41) is 0. The molecule has 0 spiro atoms. The number of alkyl halides is 3. The van der Waals surface area contributed by atoms with E-state index in [1.165, 1.54) is 6.07 Å². The fourth-order valence-electron chi connectivity index (χ4n) is 1.54. The summed E-state index contributed by atoms with van der Waals surface area (Å²) >= 11 is 0. The zero-order chi connectivity index (χ0) is 13.8. The molecular weight excluding hydrogens is 245 g/mol. The van der Waals surface area contributed by atoms with Crippen LogP contribution in [0, 0.1) is 5.92 Å². The van der Waals surface area contributed by atoms with Crippen molar-refractivity contribution in [1.82, 2.24) is 4.98 Å². The van der Waals surface area contributed by atoms with Gasteiger partial charge >= 0.3 is 6.18 Å². The van der Waals surface area contributed by atoms with E-state index >= 15 is 0 Å². The molecule has 0 aliphatic rings. The maximum atomic E-state index is 12.4. The normalized spacial score (nSPS) is 15.4. The molecule has 0 saturated heterocycles. The van der Waals surface area contributed by atoms with Crippen molar-refractivity contribution in [3.8, 4) is 0 Å². The third-order valence-electron chi connectivity index (χ3n) is 2.85. The lowest BCUT2D eigenvalue weighted by molar-refractivity contribution is -0.137. The molecule has 18 heavy (non-hydrogen) atoms. The average Bonchev–Trinajstić information content (AvgIpc) is 2.34. The summed E-state index contributed by atoms with van der Waals surface area (Å²) in [6.45, 7) is 2.48. The lowest BCUT2D eigenvalue weighted by Gasteiger charge is -2.19. The first-order valence-electron chi connectivity index (χ1n) is 5.64. The maximum absolute atomic E-state index is 12.4. The Labute approximate surface area is 104 Å². The first kappa shape index (κ1) is 14.9. The monoisotopic (exact) mass is 262 g/mol. The Hall–Kier alpha value is -1.14. The van der Waals surface area contributed by atoms with E-state index in [-0.39, 0.29) is 12.0 Å². The molecule has 6 heteroatoms. The van der Waals surface area contributed by atoms with Crippen LogP contribution >= 0.6 is 0 Å². The third-order valence-corrected chi connectivity index (χ3v) is 2.85. The Morgan fingerprint density at radius 2 is 2.06 bits per heavy atom. The van der Waals surface area contributed by atoms with Crippen molar-refractivity contribution >= 4 is 0 Å². The number of pyridine rings is 1. The summed E-state index contributed by atoms with van der Waals surface area (Å²) in [6.07, 6.45) is -2.81. The van der Waals surface area contributed by atoms with Gasteiger partial charge in [0.1, 0.15) is 0 Å². The number of rotatable bonds is 5. The maximum Gasteiger partial charge on any atom is 0.417 e. The highest BCUT2D eigenvalue weighted by Crippen LogP contribution is 2.29. The Balaban J connectivity index is 2.72. The van der Waals surface area contributed by atoms with Crippen LogP contribution in [-0.2, 0) is 10.9 Å². The molecule has 1 aromatic rings. The number of hydrogen-bond donors (Lipinski definition) is 1. The number of hydrogen-bond acceptors (Lipinski definition) is 3. The third kappa shape index (κ3) is 3.96. The summed E-state index contributed by atoms with van der Waals surface area (Å²) in [5.41, 5.74) is 5.64. The molecule has 0 aliphatic heterocycles. The second-order valence-electron chi connectivity index (χ2n) is 4.25. The summed E-state index contributed by atoms with van der Waals surface area (Å²) in [5.74, 6) is 0.0918. The molecule has 0 aromatic carbocycles. The lowest BCUT2D eigenvalue weighted by Crippen LogP contribution is -2.21. The number of methoxy groups -OCH3 is 1. The van der Waals surface area contributed by atoms with E-state index in [4.69, 9.17) is 10.5 Å². The van der Waals surface area contributed by atoms with Crippen molar-refractivity contribution in [3.05, 3.63) is 29.6 Å². The predicted molar refractivity (Wildman–Crippen MR) is 61.8 cm³/mol. The van der Waals surface area contributed by atoms with Crippen LogP contribution in [0.3, 0.4) is 0 Å². The molecule has 0 bridgehead atoms. The quantitative estimate of drug-likeness (QED) is 0.887. The molecular formula is C12H17F3N2O. The van der Waals surface area contributed by atoms with Gasteiger partial charge in [-0.15, -0.1) is 0 Å². The van der Waals surface area contributed by atoms with Gasteiger partial charge in [0.05, 0.1) is 11.3 Å². The molecule has 2 N–H and O–H groups in total. The molecule has 0 amide bonds. The van der Waals surface area contributed by atoms with Crippen LogP contribution in [0.5, 0.6) is 0 Å². The van der Waals surface area contributed by atoms with Gasteiger partial charge in [0, 0.05) is 26.0 Å². The SMILES string of the molecule is COCCC(C)C(N)c1ccc(C(F)(F)F)cn1. The second kappa shape index (κ2) is 6.15. The zero-order valence-electron chi connectivity index (χ0n) is 10.4. The van der Waals surface area contributed by atoms with Gasteiger partial charge < -0.3 is 10.5 Å². The summed E-state index contributed by atoms with van der Waals surface area (Å²) < 4.78 is 42.0. The van der Waals surface area contributed by atoms with Crippen LogP contribution in [0.25, 0.3) is 0 Å². The largest absolute Gasteiger partial charge is 0.417 e. The van der Waals surface area contributed by atoms with Gasteiger partial charge in [-0.25, -0.2) is 0 Å². The van der Waals surface area contributed by atoms with Crippen molar-refractivity contribution in [2.24, 2.45) is 11.7 Å². The van der Waals surface area contributed by atoms with Crippen molar-refractivity contribution in [2.75, 3.05) is 13.7 Å². The fourth-order valence-corrected chi connectivity index (χ4v) is 1.54. The Bertz CT molecular complexity index is 365. The van der Waals surface area contributed by atoms with E-state index in [2.05, 4.69) is 4.98 Å². The minimum absolute atomic E-state index is 0.0918. The Morgan fingerprint density at radius 1 is 1.39 bits per heavy atom. The number of ether oxygens (including phenoxy) is 1. The Morgan fingerprint density at radius 3 is 2.50 bits per heavy atom. The van der Waals surface area contributed by atoms with E-state index < -0.39 is 11.7 Å². The highest BCUT2D eigenvalue weighted by atomic mass is 19.4. The molecule has 1 heterocycles. The number of aromatic nitrogens is 1. The van der Waals surface area contributed by atoms with Crippen molar-refractivity contribution in [2.45, 2.75) is 25.6 Å². The molecule has 2 atom stereocenters. The molecule has 0 fully saturated rings. The molecule has 1 rings (SSSR count). The average molecular weight is 262 g/mol. The van der Waals surface area contributed by atoms with E-state index in [0.29, 0.717) is 12.3 Å². The van der Waals surface area contributed by atoms with Gasteiger partial charge in [-0.2, -0.15) is 13.2 Å². The van der Waals surface area contributed by atoms with E-state index in [1.54, 1.807) is 7.11 Å². The standard InChI is InChI=1S/C12H17F3N2O/c1-8(5-6-18-2)11(16)10-4-3-9(7-17-10)12(13,14)15/h3-4,7-8,11H,5-6,16H2,1-2H3. The van der Waals surface area contributed by atoms with Crippen molar-refractivity contribution in [3.63, 3.8) is 0 Å². The van der Waals surface area contributed by atoms with Crippen LogP contribution in [0.2, 0.25) is 0 Å². The van der Waals surface area contributed by atoms with Gasteiger partial charge in [0.25, 0.3) is 0 Å². The molecule has 1 aromatic heterocycles. The fraction of sp³-hybridized carbons (Fsp3) is 0.583. The van der Waals surface area contributed by atoms with Gasteiger partial charge in [0.2, 0.25) is 0 Å². The molecule has 0 radical (unpaired) electrons. The van der Waals surface area contributed by atoms with E-state index in [0.717, 1.165) is 18.7 Å². The topological polar surface area (TPSA) is 48.1 Å². The van der Waals surface area contributed by atoms with Crippen LogP contribution in [0.1, 0.15) is 30.6 Å². The number of nitrogens with two attached hydrogens (primary N) is 1. The molecule has 0 saturated carbocycles. The number of halogens is 3. The van der Waals surface area contributed by atoms with Gasteiger partial charge in [-0.05, 0) is 24.5 Å². The van der Waals surface area contributed by atoms with Gasteiger partial charge in [-0.1, -0.05) is 6.92 Å². The Kier molecular flexibility index (Phi) is 5.10. The van der Waals surface area contributed by atoms with Crippen LogP contribution in [0.4, 0.5) is 13.2 Å². The summed E-state index contributed by atoms with van der Waals surface area (Å²) in [7, 11) is 1.59. The highest BCUT2D eigenvalue weighted by molar-refractivity contribution is 5.19. The van der Waals surface area contributed by atoms with Crippen LogP contribution in [0.15, 0.2) is 18.3 Å². The zero-order valence-corrected chi connectivity index (χ0v) is 10.4. The van der Waals surface area contributed by atoms with Gasteiger partial charge in [0.15, 0.2) is 0 Å². The smallest absolute Gasteiger partial charge is 0.385 e. The summed E-state index contributed by atoms with van der Waals surface area (Å²) in [6, 6.07) is 1.95. The van der Waals surface area contributed by atoms with E-state index in [1.807, 2.05) is 6.92 Å². The van der Waals surface area contributed by atoms with Crippen LogP contribution in [-0.4, -0.2) is 18.7 Å². The molecule has 3 nitrogen and oxygen atoms in total. The minimum atomic E-state index is -4.36. The van der Waals surface area contributed by atoms with Crippen molar-refractivity contribution < 1.29 is 17.9 Å². The van der Waals surface area contributed by atoms with E-state index in [9.17, 15) is 13.2 Å². The highest BCUT2D eigenvalue weighted by Gasteiger charge is 2.31. The molecule has 102 valence electrons. The van der Waals surface area contributed by atoms with Crippen molar-refractivity contribution in [1.29, 1.82) is 0 Å². The van der Waals surface area contributed by atoms with Crippen LogP contribution < -0.4 is 5.73 Å². The molecule has 2 unspecified atom stereocenters. The predicted octanol–water partition coefficient (Wildman–Crippen LogP) is 2.77. The first-order chi connectivity index (χ1) is 8.36. The van der Waals surface area contributed by atoms with Gasteiger partial charge in [-0.3, -0.25) is 4.98 Å². The summed E-state index contributed by atoms with van der Waals surface area (Å²) in [4.78, 5) is 3.79. The minimum Gasteiger partial charge on any atom is -0.385 e. The molecule has 0 aliphatic carbocycles. The number of nitrogens with zero attached hydrogens (tertiary/aromatic N) is 1. The first-order valence-corrected chi connectivity index (χ1v) is 5.64. The second-order valence-corrected chi connectivity index (χ2v) is 4.25. The lowest BCUT2D eigenvalue weighted by atomic mass is 9.96.